The van der Waals surface area contributed by atoms with Gasteiger partial charge in [-0.05, 0) is 49.4 Å². The molecule has 0 aromatic rings. The van der Waals surface area contributed by atoms with Crippen LogP contribution in [0.3, 0.4) is 0 Å². The maximum atomic E-state index is 7.02. The third-order valence-corrected chi connectivity index (χ3v) is 16.8. The molecule has 0 aromatic heterocycles. The van der Waals surface area contributed by atoms with Gasteiger partial charge in [0.05, 0.1) is 20.1 Å². The minimum atomic E-state index is -1.58. The number of hydrogen-bond donors (Lipinski definition) is 0. The second kappa shape index (κ2) is 6.83. The summed E-state index contributed by atoms with van der Waals surface area (Å²) in [5, 5.41) is 0.765. The minimum absolute atomic E-state index is 0.191. The fraction of sp³-hybridized carbons (Fsp3) is 0.778. The summed E-state index contributed by atoms with van der Waals surface area (Å²) in [5.74, 6) is -0.976. The summed E-state index contributed by atoms with van der Waals surface area (Å²) in [6.07, 6.45) is 2.22. The van der Waals surface area contributed by atoms with Crippen LogP contribution in [0.5, 0.6) is 0 Å². The van der Waals surface area contributed by atoms with Gasteiger partial charge in [0.1, 0.15) is 19.5 Å². The van der Waals surface area contributed by atoms with E-state index in [1.165, 1.54) is 0 Å². The average molecular weight is 654 g/mol. The number of alkyl halides is 8. The van der Waals surface area contributed by atoms with E-state index in [1.807, 2.05) is 0 Å². The Labute approximate surface area is 234 Å². The predicted octanol–water partition coefficient (Wildman–Crippen LogP) is 9.72. The Bertz CT molecular complexity index is 782. The molecule has 0 heterocycles. The Morgan fingerprint density at radius 1 is 0.400 bits per heavy atom. The van der Waals surface area contributed by atoms with Crippen molar-refractivity contribution in [1.82, 2.24) is 0 Å². The quantitative estimate of drug-likeness (QED) is 0.229. The lowest BCUT2D eigenvalue weighted by Crippen LogP contribution is -2.45. The molecule has 30 heavy (non-hydrogen) atoms. The zero-order chi connectivity index (χ0) is 22.4. The van der Waals surface area contributed by atoms with Crippen molar-refractivity contribution in [3.63, 3.8) is 0 Å². The van der Waals surface area contributed by atoms with E-state index in [0.29, 0.717) is 25.7 Å². The highest BCUT2D eigenvalue weighted by Crippen LogP contribution is 2.81. The maximum absolute atomic E-state index is 7.02. The largest absolute Gasteiger partial charge is 0.166 e. The second-order valence-corrected chi connectivity index (χ2v) is 15.4. The predicted molar refractivity (Wildman–Crippen MR) is 133 cm³/mol. The first kappa shape index (κ1) is 24.6. The topological polar surface area (TPSA) is 0 Å². The molecule has 5 aliphatic rings. The van der Waals surface area contributed by atoms with Crippen LogP contribution >= 0.6 is 139 Å². The van der Waals surface area contributed by atoms with Crippen LogP contribution in [0.4, 0.5) is 0 Å². The summed E-state index contributed by atoms with van der Waals surface area (Å²) in [7, 11) is 0. The van der Waals surface area contributed by atoms with Crippen molar-refractivity contribution in [2.24, 2.45) is 23.7 Å². The Morgan fingerprint density at radius 2 is 0.567 bits per heavy atom. The van der Waals surface area contributed by atoms with Crippen LogP contribution in [0.25, 0.3) is 0 Å². The summed E-state index contributed by atoms with van der Waals surface area (Å²) in [6, 6.07) is 0. The van der Waals surface area contributed by atoms with Crippen molar-refractivity contribution >= 4 is 139 Å². The summed E-state index contributed by atoms with van der Waals surface area (Å²) >= 11 is 81.3. The van der Waals surface area contributed by atoms with Gasteiger partial charge in [-0.1, -0.05) is 92.8 Å². The van der Waals surface area contributed by atoms with Gasteiger partial charge in [0.25, 0.3) is 0 Å². The third kappa shape index (κ3) is 2.18. The molecule has 3 fully saturated rings. The summed E-state index contributed by atoms with van der Waals surface area (Å²) in [5.41, 5.74) is 0. The van der Waals surface area contributed by atoms with Crippen molar-refractivity contribution in [2.45, 2.75) is 53.8 Å². The zero-order valence-corrected chi connectivity index (χ0v) is 23.7. The van der Waals surface area contributed by atoms with Gasteiger partial charge in [-0.25, -0.2) is 0 Å². The van der Waals surface area contributed by atoms with Crippen molar-refractivity contribution in [2.75, 3.05) is 0 Å². The second-order valence-electron chi connectivity index (χ2n) is 8.83. The lowest BCUT2D eigenvalue weighted by molar-refractivity contribution is 0.175. The molecule has 0 radical (unpaired) electrons. The first-order chi connectivity index (χ1) is 13.6. The van der Waals surface area contributed by atoms with Crippen LogP contribution in [-0.2, 0) is 0 Å². The highest BCUT2D eigenvalue weighted by atomic mass is 35.5. The van der Waals surface area contributed by atoms with Gasteiger partial charge in [0.2, 0.25) is 0 Å². The minimum Gasteiger partial charge on any atom is -0.109 e. The Morgan fingerprint density at radius 3 is 0.733 bits per heavy atom. The van der Waals surface area contributed by atoms with Gasteiger partial charge in [-0.15, -0.1) is 46.4 Å². The summed E-state index contributed by atoms with van der Waals surface area (Å²) in [4.78, 5) is -5.28. The number of hydrogen-bond acceptors (Lipinski definition) is 0. The molecule has 0 N–H and O–H groups in total. The van der Waals surface area contributed by atoms with E-state index in [4.69, 9.17) is 139 Å². The lowest BCUT2D eigenvalue weighted by atomic mass is 9.67. The number of rotatable bonds is 0. The van der Waals surface area contributed by atoms with E-state index in [1.54, 1.807) is 0 Å². The Hall–Kier alpha value is 2.96. The average Bonchev–Trinajstić information content (AvgIpc) is 2.96. The van der Waals surface area contributed by atoms with Gasteiger partial charge in [0, 0.05) is 0 Å². The molecule has 168 valence electrons. The molecule has 0 aromatic carbocycles. The molecule has 3 saturated carbocycles. The highest BCUT2D eigenvalue weighted by molar-refractivity contribution is 6.66. The lowest BCUT2D eigenvalue weighted by Gasteiger charge is -2.44. The standard InChI is InChI=1S/C18H12Cl12/c19-9-10(20)15(25)7-3-4-8-6(2-1-5(7)13(9,23)17(15,27)28)14(24)11(21)12(22)16(8,26)18(14,29)30/h5-8H,1-4H2/t5-,6-,7-,8+,13+,14+,15+,16+/m1/s1. The molecular weight excluding hydrogens is 642 g/mol. The van der Waals surface area contributed by atoms with Gasteiger partial charge < -0.3 is 0 Å². The first-order valence-corrected chi connectivity index (χ1v) is 13.8. The van der Waals surface area contributed by atoms with Crippen molar-refractivity contribution < 1.29 is 0 Å². The van der Waals surface area contributed by atoms with Crippen LogP contribution in [0, 0.1) is 23.7 Å². The van der Waals surface area contributed by atoms with E-state index in [0.717, 1.165) is 0 Å². The van der Waals surface area contributed by atoms with Crippen molar-refractivity contribution in [3.8, 4) is 0 Å². The first-order valence-electron chi connectivity index (χ1n) is 9.22. The number of allylic oxidation sites excluding steroid dienone is 4. The van der Waals surface area contributed by atoms with E-state index in [-0.39, 0.29) is 43.8 Å². The van der Waals surface area contributed by atoms with Gasteiger partial charge in [-0.2, -0.15) is 0 Å². The fourth-order valence-electron chi connectivity index (χ4n) is 6.73. The zero-order valence-electron chi connectivity index (χ0n) is 14.7. The molecule has 0 spiro atoms. The molecule has 5 aliphatic carbocycles. The molecule has 8 atom stereocenters. The van der Waals surface area contributed by atoms with Crippen LogP contribution < -0.4 is 0 Å². The molecule has 12 heteroatoms. The fourth-order valence-corrected chi connectivity index (χ4v) is 13.0. The van der Waals surface area contributed by atoms with E-state index < -0.39 is 28.2 Å². The van der Waals surface area contributed by atoms with Crippen molar-refractivity contribution in [3.05, 3.63) is 20.1 Å². The number of halogens is 12. The van der Waals surface area contributed by atoms with Crippen molar-refractivity contribution in [1.29, 1.82) is 0 Å². The normalized spacial score (nSPS) is 55.6. The smallest absolute Gasteiger partial charge is 0.109 e. The van der Waals surface area contributed by atoms with Crippen LogP contribution in [0.2, 0.25) is 0 Å². The van der Waals surface area contributed by atoms with E-state index in [2.05, 4.69) is 0 Å². The molecule has 0 saturated heterocycles. The number of fused-ring (bicyclic) bond motifs is 10. The molecular formula is C18H12Cl12. The SMILES string of the molecule is ClC1=C(Cl)[C@@]2(Cl)[C@@H]3CC[C@H]4[C@@H](CC[C@H]3[C@@]1(Cl)C2(Cl)Cl)[C@]1(Cl)C(Cl)=C(Cl)[C@]4(Cl)C1(Cl)Cl. The van der Waals surface area contributed by atoms with Crippen LogP contribution in [0.1, 0.15) is 25.7 Å². The summed E-state index contributed by atoms with van der Waals surface area (Å²) < 4.78 is -3.17. The maximum Gasteiger partial charge on any atom is 0.166 e. The molecule has 5 rings (SSSR count). The molecule has 0 amide bonds. The Kier molecular flexibility index (Phi) is 5.61. The van der Waals surface area contributed by atoms with Crippen LogP contribution in [-0.4, -0.2) is 28.2 Å². The monoisotopic (exact) mass is 648 g/mol. The van der Waals surface area contributed by atoms with E-state index in [9.17, 15) is 0 Å². The van der Waals surface area contributed by atoms with Gasteiger partial charge >= 0.3 is 0 Å². The molecule has 0 unspecified atom stereocenters. The van der Waals surface area contributed by atoms with E-state index >= 15 is 0 Å². The summed E-state index contributed by atoms with van der Waals surface area (Å²) in [6.45, 7) is 0. The van der Waals surface area contributed by atoms with Crippen LogP contribution in [0.15, 0.2) is 20.1 Å². The molecule has 0 aliphatic heterocycles. The molecule has 4 bridgehead atoms. The van der Waals surface area contributed by atoms with Gasteiger partial charge in [-0.3, -0.25) is 0 Å². The highest BCUT2D eigenvalue weighted by Gasteiger charge is 2.85. The molecule has 0 nitrogen and oxygen atoms in total. The Balaban J connectivity index is 1.62. The third-order valence-electron chi connectivity index (χ3n) is 8.08. The van der Waals surface area contributed by atoms with Gasteiger partial charge in [0.15, 0.2) is 8.67 Å².